The Hall–Kier alpha value is -2.99. The van der Waals surface area contributed by atoms with Gasteiger partial charge in [-0.1, -0.05) is 13.8 Å². The third kappa shape index (κ3) is 5.39. The molecule has 1 N–H and O–H groups in total. The fraction of sp³-hybridized carbons (Fsp3) is 0.500. The van der Waals surface area contributed by atoms with Gasteiger partial charge in [0.25, 0.3) is 0 Å². The number of halogens is 3. The summed E-state index contributed by atoms with van der Waals surface area (Å²) in [7, 11) is 1.28. The van der Waals surface area contributed by atoms with Crippen LogP contribution in [0.5, 0.6) is 5.88 Å². The number of methoxy groups -OCH3 is 1. The second-order valence-corrected chi connectivity index (χ2v) is 9.11. The van der Waals surface area contributed by atoms with Crippen molar-refractivity contribution in [1.82, 2.24) is 19.9 Å². The standard InChI is InChI=1S/C24H29F3N6O2S/c1-5-15-20(14-8-9-19(34-4)32-21(14)24(25,26)27)29-16(6-2)22(30-15)31-17-12-33(13-18(17)35-7-3)23-28-10-11-36-23/h8-11,17-18H,5-7,12-13H2,1-4H3,(H,30,31). The SMILES string of the molecule is CCOC1CN(c2nccs2)CC1Nc1nc(CC)c(-c2ccc(OC)nc2C(F)(F)F)nc1CC. The van der Waals surface area contributed by atoms with Gasteiger partial charge in [-0.2, -0.15) is 13.2 Å². The molecule has 1 aliphatic heterocycles. The Balaban J connectivity index is 1.71. The summed E-state index contributed by atoms with van der Waals surface area (Å²) in [6, 6.07) is 2.66. The fourth-order valence-corrected chi connectivity index (χ4v) is 4.95. The van der Waals surface area contributed by atoms with E-state index < -0.39 is 11.9 Å². The monoisotopic (exact) mass is 522 g/mol. The minimum Gasteiger partial charge on any atom is -0.481 e. The van der Waals surface area contributed by atoms with E-state index in [2.05, 4.69) is 25.2 Å². The van der Waals surface area contributed by atoms with E-state index in [1.54, 1.807) is 17.5 Å². The molecule has 1 saturated heterocycles. The average Bonchev–Trinajstić information content (AvgIpc) is 3.54. The van der Waals surface area contributed by atoms with E-state index in [1.807, 2.05) is 26.2 Å². The molecular weight excluding hydrogens is 493 g/mol. The number of nitrogens with zero attached hydrogens (tertiary/aromatic N) is 5. The van der Waals surface area contributed by atoms with Gasteiger partial charge in [0.1, 0.15) is 5.82 Å². The van der Waals surface area contributed by atoms with Crippen molar-refractivity contribution in [2.45, 2.75) is 51.9 Å². The van der Waals surface area contributed by atoms with Crippen molar-refractivity contribution in [2.75, 3.05) is 37.0 Å². The van der Waals surface area contributed by atoms with Gasteiger partial charge in [0.2, 0.25) is 5.88 Å². The molecule has 12 heteroatoms. The number of pyridine rings is 1. The largest absolute Gasteiger partial charge is 0.481 e. The van der Waals surface area contributed by atoms with Crippen LogP contribution in [0.25, 0.3) is 11.3 Å². The molecule has 8 nitrogen and oxygen atoms in total. The maximum absolute atomic E-state index is 13.9. The summed E-state index contributed by atoms with van der Waals surface area (Å²) in [6.45, 7) is 7.59. The summed E-state index contributed by atoms with van der Waals surface area (Å²) >= 11 is 1.56. The number of thiazole rings is 1. The van der Waals surface area contributed by atoms with Gasteiger partial charge in [0, 0.05) is 42.9 Å². The molecular formula is C24H29F3N6O2S. The predicted octanol–water partition coefficient (Wildman–Crippen LogP) is 4.85. The highest BCUT2D eigenvalue weighted by Crippen LogP contribution is 2.38. The molecule has 3 aromatic heterocycles. The van der Waals surface area contributed by atoms with Crippen molar-refractivity contribution >= 4 is 22.3 Å². The minimum absolute atomic E-state index is 0.0857. The van der Waals surface area contributed by atoms with Gasteiger partial charge < -0.3 is 19.7 Å². The van der Waals surface area contributed by atoms with Gasteiger partial charge in [-0.3, -0.25) is 0 Å². The smallest absolute Gasteiger partial charge is 0.434 e. The van der Waals surface area contributed by atoms with Gasteiger partial charge in [-0.25, -0.2) is 19.9 Å². The summed E-state index contributed by atoms with van der Waals surface area (Å²) in [5.74, 6) is 0.447. The van der Waals surface area contributed by atoms with Crippen LogP contribution in [0.2, 0.25) is 0 Å². The molecule has 0 aromatic carbocycles. The molecule has 2 atom stereocenters. The van der Waals surface area contributed by atoms with Gasteiger partial charge >= 0.3 is 6.18 Å². The van der Waals surface area contributed by atoms with E-state index >= 15 is 0 Å². The maximum atomic E-state index is 13.9. The van der Waals surface area contributed by atoms with Crippen molar-refractivity contribution in [3.63, 3.8) is 0 Å². The summed E-state index contributed by atoms with van der Waals surface area (Å²) in [5.41, 5.74) is 0.0559. The molecule has 0 amide bonds. The lowest BCUT2D eigenvalue weighted by atomic mass is 10.0. The quantitative estimate of drug-likeness (QED) is 0.427. The lowest BCUT2D eigenvalue weighted by molar-refractivity contribution is -0.140. The Bertz CT molecular complexity index is 1180. The predicted molar refractivity (Wildman–Crippen MR) is 133 cm³/mol. The summed E-state index contributed by atoms with van der Waals surface area (Å²) < 4.78 is 52.6. The Morgan fingerprint density at radius 1 is 1.08 bits per heavy atom. The lowest BCUT2D eigenvalue weighted by Gasteiger charge is -2.22. The molecule has 2 unspecified atom stereocenters. The van der Waals surface area contributed by atoms with E-state index in [9.17, 15) is 13.2 Å². The molecule has 0 saturated carbocycles. The van der Waals surface area contributed by atoms with E-state index in [0.717, 1.165) is 5.13 Å². The summed E-state index contributed by atoms with van der Waals surface area (Å²) in [4.78, 5) is 19.7. The zero-order valence-electron chi connectivity index (χ0n) is 20.6. The minimum atomic E-state index is -4.67. The molecule has 1 fully saturated rings. The van der Waals surface area contributed by atoms with Gasteiger partial charge in [0.15, 0.2) is 10.8 Å². The number of hydrogen-bond donors (Lipinski definition) is 1. The van der Waals surface area contributed by atoms with Crippen LogP contribution in [0.1, 0.15) is 37.9 Å². The van der Waals surface area contributed by atoms with Gasteiger partial charge in [-0.15, -0.1) is 11.3 Å². The van der Waals surface area contributed by atoms with E-state index in [4.69, 9.17) is 14.5 Å². The highest BCUT2D eigenvalue weighted by atomic mass is 32.1. The Labute approximate surface area is 211 Å². The number of rotatable bonds is 9. The third-order valence-corrected chi connectivity index (χ3v) is 6.80. The van der Waals surface area contributed by atoms with Crippen LogP contribution in [0.15, 0.2) is 23.7 Å². The van der Waals surface area contributed by atoms with Crippen LogP contribution < -0.4 is 15.0 Å². The normalized spacial score (nSPS) is 18.0. The third-order valence-electron chi connectivity index (χ3n) is 5.97. The number of nitrogens with one attached hydrogen (secondary N) is 1. The molecule has 1 aliphatic rings. The molecule has 0 bridgehead atoms. The molecule has 0 spiro atoms. The fourth-order valence-electron chi connectivity index (χ4n) is 4.29. The first kappa shape index (κ1) is 26.1. The molecule has 194 valence electrons. The van der Waals surface area contributed by atoms with Crippen LogP contribution in [0.3, 0.4) is 0 Å². The second kappa shape index (κ2) is 11.0. The number of ether oxygens (including phenoxy) is 2. The van der Waals surface area contributed by atoms with E-state index in [0.29, 0.717) is 49.7 Å². The molecule has 36 heavy (non-hydrogen) atoms. The van der Waals surface area contributed by atoms with Crippen LogP contribution in [0, 0.1) is 0 Å². The Kier molecular flexibility index (Phi) is 7.94. The van der Waals surface area contributed by atoms with Crippen molar-refractivity contribution in [3.8, 4) is 17.1 Å². The number of alkyl halides is 3. The molecule has 0 radical (unpaired) electrons. The van der Waals surface area contributed by atoms with Crippen LogP contribution in [-0.4, -0.2) is 58.9 Å². The topological polar surface area (TPSA) is 85.3 Å². The first-order valence-corrected chi connectivity index (χ1v) is 12.7. The first-order chi connectivity index (χ1) is 17.3. The molecule has 0 aliphatic carbocycles. The summed E-state index contributed by atoms with van der Waals surface area (Å²) in [5, 5.41) is 6.33. The average molecular weight is 523 g/mol. The second-order valence-electron chi connectivity index (χ2n) is 8.23. The zero-order valence-corrected chi connectivity index (χ0v) is 21.4. The van der Waals surface area contributed by atoms with E-state index in [-0.39, 0.29) is 29.3 Å². The maximum Gasteiger partial charge on any atom is 0.434 e. The zero-order chi connectivity index (χ0) is 25.9. The van der Waals surface area contributed by atoms with Gasteiger partial charge in [-0.05, 0) is 25.8 Å². The van der Waals surface area contributed by atoms with Crippen molar-refractivity contribution in [2.24, 2.45) is 0 Å². The number of hydrogen-bond acceptors (Lipinski definition) is 9. The Morgan fingerprint density at radius 3 is 2.47 bits per heavy atom. The van der Waals surface area contributed by atoms with Crippen molar-refractivity contribution < 1.29 is 22.6 Å². The van der Waals surface area contributed by atoms with Crippen LogP contribution in [-0.2, 0) is 23.8 Å². The molecule has 4 rings (SSSR count). The number of aryl methyl sites for hydroxylation is 2. The summed E-state index contributed by atoms with van der Waals surface area (Å²) in [6.07, 6.45) is -2.12. The molecule has 3 aromatic rings. The number of aromatic nitrogens is 4. The van der Waals surface area contributed by atoms with E-state index in [1.165, 1.54) is 19.2 Å². The number of anilines is 2. The van der Waals surface area contributed by atoms with Crippen molar-refractivity contribution in [1.29, 1.82) is 0 Å². The van der Waals surface area contributed by atoms with Crippen LogP contribution in [0.4, 0.5) is 24.1 Å². The highest BCUT2D eigenvalue weighted by molar-refractivity contribution is 7.13. The lowest BCUT2D eigenvalue weighted by Crippen LogP contribution is -2.35. The molecule has 4 heterocycles. The van der Waals surface area contributed by atoms with Crippen molar-refractivity contribution in [3.05, 3.63) is 40.8 Å². The van der Waals surface area contributed by atoms with Crippen LogP contribution >= 0.6 is 11.3 Å². The first-order valence-electron chi connectivity index (χ1n) is 11.8. The van der Waals surface area contributed by atoms with Gasteiger partial charge in [0.05, 0.1) is 36.3 Å². The highest BCUT2D eigenvalue weighted by Gasteiger charge is 2.38. The Morgan fingerprint density at radius 2 is 1.86 bits per heavy atom.